The molecule has 31 heavy (non-hydrogen) atoms. The summed E-state index contributed by atoms with van der Waals surface area (Å²) in [6, 6.07) is 9.90. The Morgan fingerprint density at radius 1 is 1.00 bits per heavy atom. The highest BCUT2D eigenvalue weighted by Gasteiger charge is 2.31. The molecule has 0 bridgehead atoms. The van der Waals surface area contributed by atoms with Crippen molar-refractivity contribution in [2.45, 2.75) is 13.1 Å². The molecule has 2 aromatic carbocycles. The van der Waals surface area contributed by atoms with Crippen molar-refractivity contribution in [2.75, 3.05) is 44.8 Å². The molecule has 0 spiro atoms. The average molecular weight is 436 g/mol. The number of carbonyl (C=O) groups excluding carboxylic acids is 2. The van der Waals surface area contributed by atoms with Crippen molar-refractivity contribution >= 4 is 17.4 Å². The number of hydrogen-bond donors (Lipinski definition) is 0. The van der Waals surface area contributed by atoms with Crippen molar-refractivity contribution in [3.63, 3.8) is 0 Å². The second-order valence-electron chi connectivity index (χ2n) is 7.13. The Hall–Kier alpha value is -3.23. The molecule has 1 amide bonds. The van der Waals surface area contributed by atoms with Crippen molar-refractivity contribution in [1.29, 1.82) is 0 Å². The van der Waals surface area contributed by atoms with Crippen molar-refractivity contribution in [1.82, 2.24) is 4.90 Å². The second-order valence-corrected chi connectivity index (χ2v) is 7.13. The van der Waals surface area contributed by atoms with Gasteiger partial charge >= 0.3 is 6.18 Å². The molecule has 1 heterocycles. The molecule has 0 atom stereocenters. The molecule has 0 N–H and O–H groups in total. The number of methoxy groups -OCH3 is 1. The number of ketones is 1. The highest BCUT2D eigenvalue weighted by Crippen LogP contribution is 2.32. The van der Waals surface area contributed by atoms with Gasteiger partial charge in [-0.25, -0.2) is 0 Å². The molecule has 1 aliphatic rings. The van der Waals surface area contributed by atoms with Crippen LogP contribution in [0.5, 0.6) is 11.5 Å². The molecule has 0 radical (unpaired) electrons. The van der Waals surface area contributed by atoms with E-state index in [2.05, 4.69) is 0 Å². The maximum Gasteiger partial charge on any atom is 0.416 e. The first-order chi connectivity index (χ1) is 14.7. The number of ether oxygens (including phenoxy) is 2. The quantitative estimate of drug-likeness (QED) is 0.647. The van der Waals surface area contributed by atoms with Gasteiger partial charge in [0.1, 0.15) is 0 Å². The lowest BCUT2D eigenvalue weighted by Crippen LogP contribution is -2.50. The summed E-state index contributed by atoms with van der Waals surface area (Å²) in [5.41, 5.74) is 0.261. The van der Waals surface area contributed by atoms with Crippen molar-refractivity contribution < 1.29 is 32.2 Å². The minimum atomic E-state index is -4.39. The van der Waals surface area contributed by atoms with Gasteiger partial charge in [-0.3, -0.25) is 9.59 Å². The number of amides is 1. The van der Waals surface area contributed by atoms with Gasteiger partial charge in [-0.2, -0.15) is 13.2 Å². The Morgan fingerprint density at radius 2 is 1.71 bits per heavy atom. The SMILES string of the molecule is COc1cc(C(C)=O)ccc1OCC(=O)N1CCN(c2cccc(C(F)(F)F)c2)CC1. The number of alkyl halides is 3. The van der Waals surface area contributed by atoms with Gasteiger partial charge in [-0.1, -0.05) is 6.07 Å². The number of benzene rings is 2. The zero-order valence-corrected chi connectivity index (χ0v) is 17.2. The summed E-state index contributed by atoms with van der Waals surface area (Å²) in [5, 5.41) is 0. The molecule has 6 nitrogen and oxygen atoms in total. The minimum Gasteiger partial charge on any atom is -0.493 e. The van der Waals surface area contributed by atoms with E-state index in [-0.39, 0.29) is 18.3 Å². The van der Waals surface area contributed by atoms with E-state index in [1.807, 2.05) is 4.90 Å². The number of rotatable bonds is 6. The average Bonchev–Trinajstić information content (AvgIpc) is 2.76. The van der Waals surface area contributed by atoms with Gasteiger partial charge in [0.25, 0.3) is 5.91 Å². The molecule has 9 heteroatoms. The number of nitrogens with zero attached hydrogens (tertiary/aromatic N) is 2. The van der Waals surface area contributed by atoms with E-state index in [0.29, 0.717) is 48.9 Å². The summed E-state index contributed by atoms with van der Waals surface area (Å²) in [6.07, 6.45) is -4.39. The third-order valence-corrected chi connectivity index (χ3v) is 5.09. The van der Waals surface area contributed by atoms with E-state index < -0.39 is 11.7 Å². The van der Waals surface area contributed by atoms with Crippen LogP contribution in [0.1, 0.15) is 22.8 Å². The van der Waals surface area contributed by atoms with E-state index in [0.717, 1.165) is 12.1 Å². The summed E-state index contributed by atoms with van der Waals surface area (Å²) < 4.78 is 49.6. The molecule has 1 aliphatic heterocycles. The van der Waals surface area contributed by atoms with Crippen molar-refractivity contribution in [3.05, 3.63) is 53.6 Å². The van der Waals surface area contributed by atoms with Crippen LogP contribution in [0.3, 0.4) is 0 Å². The number of anilines is 1. The molecule has 0 aliphatic carbocycles. The van der Waals surface area contributed by atoms with Gasteiger partial charge in [0.2, 0.25) is 0 Å². The van der Waals surface area contributed by atoms with E-state index in [1.165, 1.54) is 20.1 Å². The predicted octanol–water partition coefficient (Wildman–Crippen LogP) is 3.64. The van der Waals surface area contributed by atoms with Crippen LogP contribution in [0.25, 0.3) is 0 Å². The maximum absolute atomic E-state index is 12.9. The highest BCUT2D eigenvalue weighted by atomic mass is 19.4. The first-order valence-corrected chi connectivity index (χ1v) is 9.71. The Bertz CT molecular complexity index is 954. The second kappa shape index (κ2) is 9.28. The molecule has 1 saturated heterocycles. The molecule has 0 unspecified atom stereocenters. The number of halogens is 3. The summed E-state index contributed by atoms with van der Waals surface area (Å²) >= 11 is 0. The first kappa shape index (κ1) is 22.5. The van der Waals surface area contributed by atoms with Crippen LogP contribution in [-0.4, -0.2) is 56.5 Å². The van der Waals surface area contributed by atoms with Gasteiger partial charge in [0, 0.05) is 37.4 Å². The Morgan fingerprint density at radius 3 is 2.32 bits per heavy atom. The summed E-state index contributed by atoms with van der Waals surface area (Å²) in [6.45, 7) is 2.82. The minimum absolute atomic E-state index is 0.112. The molecular formula is C22H23F3N2O4. The standard InChI is InChI=1S/C22H23F3N2O4/c1-15(28)16-6-7-19(20(12-16)30-2)31-14-21(29)27-10-8-26(9-11-27)18-5-3-4-17(13-18)22(23,24)25/h3-7,12-13H,8-11,14H2,1-2H3. The third-order valence-electron chi connectivity index (χ3n) is 5.09. The number of piperazine rings is 1. The van der Waals surface area contributed by atoms with Gasteiger partial charge in [0.05, 0.1) is 12.7 Å². The number of Topliss-reactive ketones (excluding diaryl/α,β-unsaturated/α-hetero) is 1. The molecule has 2 aromatic rings. The molecule has 166 valence electrons. The summed E-state index contributed by atoms with van der Waals surface area (Å²) in [4.78, 5) is 27.4. The van der Waals surface area contributed by atoms with Crippen LogP contribution < -0.4 is 14.4 Å². The number of carbonyl (C=O) groups is 2. The topological polar surface area (TPSA) is 59.1 Å². The molecule has 3 rings (SSSR count). The van der Waals surface area contributed by atoms with Crippen LogP contribution in [0.4, 0.5) is 18.9 Å². The van der Waals surface area contributed by atoms with E-state index in [1.54, 1.807) is 29.2 Å². The lowest BCUT2D eigenvalue weighted by Gasteiger charge is -2.36. The fourth-order valence-electron chi connectivity index (χ4n) is 3.33. The largest absolute Gasteiger partial charge is 0.493 e. The van der Waals surface area contributed by atoms with Crippen LogP contribution >= 0.6 is 0 Å². The third kappa shape index (κ3) is 5.48. The van der Waals surface area contributed by atoms with Crippen LogP contribution in [-0.2, 0) is 11.0 Å². The normalized spacial score (nSPS) is 14.4. The predicted molar refractivity (Wildman–Crippen MR) is 109 cm³/mol. The van der Waals surface area contributed by atoms with E-state index >= 15 is 0 Å². The van der Waals surface area contributed by atoms with Crippen LogP contribution in [0.15, 0.2) is 42.5 Å². The molecule has 1 fully saturated rings. The van der Waals surface area contributed by atoms with Gasteiger partial charge < -0.3 is 19.3 Å². The monoisotopic (exact) mass is 436 g/mol. The van der Waals surface area contributed by atoms with E-state index in [4.69, 9.17) is 9.47 Å². The summed E-state index contributed by atoms with van der Waals surface area (Å²) in [7, 11) is 1.45. The fourth-order valence-corrected chi connectivity index (χ4v) is 3.33. The van der Waals surface area contributed by atoms with Gasteiger partial charge in [-0.15, -0.1) is 0 Å². The van der Waals surface area contributed by atoms with Crippen LogP contribution in [0, 0.1) is 0 Å². The van der Waals surface area contributed by atoms with E-state index in [9.17, 15) is 22.8 Å². The Balaban J connectivity index is 1.56. The lowest BCUT2D eigenvalue weighted by molar-refractivity contribution is -0.137. The molecule has 0 saturated carbocycles. The molecular weight excluding hydrogens is 413 g/mol. The lowest BCUT2D eigenvalue weighted by atomic mass is 10.1. The zero-order chi connectivity index (χ0) is 22.6. The van der Waals surface area contributed by atoms with Gasteiger partial charge in [-0.05, 0) is 43.3 Å². The Labute approximate surface area is 178 Å². The van der Waals surface area contributed by atoms with Crippen molar-refractivity contribution in [2.24, 2.45) is 0 Å². The van der Waals surface area contributed by atoms with Crippen LogP contribution in [0.2, 0.25) is 0 Å². The molecule has 0 aromatic heterocycles. The first-order valence-electron chi connectivity index (χ1n) is 9.71. The highest BCUT2D eigenvalue weighted by molar-refractivity contribution is 5.94. The Kier molecular flexibility index (Phi) is 6.72. The summed E-state index contributed by atoms with van der Waals surface area (Å²) in [5.74, 6) is 0.360. The van der Waals surface area contributed by atoms with Gasteiger partial charge in [0.15, 0.2) is 23.9 Å². The smallest absolute Gasteiger partial charge is 0.416 e. The number of hydrogen-bond acceptors (Lipinski definition) is 5. The zero-order valence-electron chi connectivity index (χ0n) is 17.2. The maximum atomic E-state index is 12.9. The fraction of sp³-hybridized carbons (Fsp3) is 0.364. The van der Waals surface area contributed by atoms with Crippen molar-refractivity contribution in [3.8, 4) is 11.5 Å².